The van der Waals surface area contributed by atoms with Crippen molar-refractivity contribution in [1.82, 2.24) is 0 Å². The fourth-order valence-corrected chi connectivity index (χ4v) is 2.01. The molecule has 2 N–H and O–H groups in total. The molecule has 0 aliphatic carbocycles. The number of allylic oxidation sites excluding steroid dienone is 1. The maximum Gasteiger partial charge on any atom is 0.189 e. The molecule has 96 valence electrons. The van der Waals surface area contributed by atoms with E-state index in [0.29, 0.717) is 0 Å². The van der Waals surface area contributed by atoms with Crippen molar-refractivity contribution >= 4 is 27.8 Å². The molecule has 0 aromatic heterocycles. The number of hydrogen-bond donors (Lipinski definition) is 2. The predicted octanol–water partition coefficient (Wildman–Crippen LogP) is 3.76. The predicted molar refractivity (Wildman–Crippen MR) is 77.3 cm³/mol. The van der Waals surface area contributed by atoms with Gasteiger partial charge in [-0.25, -0.2) is 0 Å². The first kappa shape index (κ1) is 13.4. The van der Waals surface area contributed by atoms with Crippen molar-refractivity contribution in [3.05, 3.63) is 64.1 Å². The molecule has 0 saturated heterocycles. The summed E-state index contributed by atoms with van der Waals surface area (Å²) in [5, 5.41) is 18.8. The SMILES string of the molecule is O=C(/C=C/c1ccccc1Br)c1ccc(O)cc1O. The van der Waals surface area contributed by atoms with Gasteiger partial charge in [0.15, 0.2) is 5.78 Å². The summed E-state index contributed by atoms with van der Waals surface area (Å²) in [6, 6.07) is 11.4. The first-order chi connectivity index (χ1) is 9.08. The number of carbonyl (C=O) groups excluding carboxylic acids is 1. The number of halogens is 1. The zero-order valence-corrected chi connectivity index (χ0v) is 11.5. The lowest BCUT2D eigenvalue weighted by molar-refractivity contribution is 0.104. The molecule has 3 nitrogen and oxygen atoms in total. The van der Waals surface area contributed by atoms with Crippen molar-refractivity contribution in [3.8, 4) is 11.5 Å². The van der Waals surface area contributed by atoms with Crippen LogP contribution in [0.3, 0.4) is 0 Å². The molecule has 4 heteroatoms. The molecule has 19 heavy (non-hydrogen) atoms. The van der Waals surface area contributed by atoms with Crippen LogP contribution in [0.1, 0.15) is 15.9 Å². The van der Waals surface area contributed by atoms with E-state index in [1.54, 1.807) is 6.08 Å². The Morgan fingerprint density at radius 2 is 1.84 bits per heavy atom. The molecule has 0 heterocycles. The van der Waals surface area contributed by atoms with E-state index in [-0.39, 0.29) is 22.8 Å². The van der Waals surface area contributed by atoms with Gasteiger partial charge in [0.2, 0.25) is 0 Å². The highest BCUT2D eigenvalue weighted by molar-refractivity contribution is 9.10. The summed E-state index contributed by atoms with van der Waals surface area (Å²) in [5.41, 5.74) is 1.02. The Labute approximate surface area is 119 Å². The van der Waals surface area contributed by atoms with Gasteiger partial charge in [0.25, 0.3) is 0 Å². The van der Waals surface area contributed by atoms with Gasteiger partial charge >= 0.3 is 0 Å². The Hall–Kier alpha value is -2.07. The summed E-state index contributed by atoms with van der Waals surface area (Å²) < 4.78 is 0.883. The molecule has 0 radical (unpaired) electrons. The van der Waals surface area contributed by atoms with E-state index >= 15 is 0 Å². The third kappa shape index (κ3) is 3.23. The molecule has 0 unspecified atom stereocenters. The molecular formula is C15H11BrO3. The van der Waals surface area contributed by atoms with Crippen LogP contribution in [0.4, 0.5) is 0 Å². The first-order valence-electron chi connectivity index (χ1n) is 5.57. The third-order valence-corrected chi connectivity index (χ3v) is 3.29. The number of phenols is 2. The highest BCUT2D eigenvalue weighted by atomic mass is 79.9. The van der Waals surface area contributed by atoms with Gasteiger partial charge in [-0.3, -0.25) is 4.79 Å². The van der Waals surface area contributed by atoms with Crippen LogP contribution in [0, 0.1) is 0 Å². The third-order valence-electron chi connectivity index (χ3n) is 2.57. The van der Waals surface area contributed by atoms with Gasteiger partial charge in [0.1, 0.15) is 11.5 Å². The Morgan fingerprint density at radius 3 is 2.53 bits per heavy atom. The van der Waals surface area contributed by atoms with Gasteiger partial charge in [0, 0.05) is 10.5 Å². The van der Waals surface area contributed by atoms with Crippen LogP contribution in [0.5, 0.6) is 11.5 Å². The van der Waals surface area contributed by atoms with E-state index in [1.807, 2.05) is 24.3 Å². The number of benzene rings is 2. The van der Waals surface area contributed by atoms with E-state index in [2.05, 4.69) is 15.9 Å². The summed E-state index contributed by atoms with van der Waals surface area (Å²) in [5.74, 6) is -0.640. The van der Waals surface area contributed by atoms with Crippen molar-refractivity contribution in [1.29, 1.82) is 0 Å². The number of ketones is 1. The molecule has 0 saturated carbocycles. The molecule has 2 rings (SSSR count). The van der Waals surface area contributed by atoms with Crippen LogP contribution in [0.25, 0.3) is 6.08 Å². The minimum atomic E-state index is -0.326. The monoisotopic (exact) mass is 318 g/mol. The topological polar surface area (TPSA) is 57.5 Å². The minimum Gasteiger partial charge on any atom is -0.508 e. The number of hydrogen-bond acceptors (Lipinski definition) is 3. The van der Waals surface area contributed by atoms with Crippen molar-refractivity contribution in [2.24, 2.45) is 0 Å². The van der Waals surface area contributed by atoms with Gasteiger partial charge in [-0.1, -0.05) is 34.1 Å². The molecule has 0 bridgehead atoms. The smallest absolute Gasteiger partial charge is 0.189 e. The van der Waals surface area contributed by atoms with Crippen molar-refractivity contribution in [2.75, 3.05) is 0 Å². The fraction of sp³-hybridized carbons (Fsp3) is 0. The highest BCUT2D eigenvalue weighted by Gasteiger charge is 2.08. The second-order valence-electron chi connectivity index (χ2n) is 3.92. The normalized spacial score (nSPS) is 10.8. The number of phenolic OH excluding ortho intramolecular Hbond substituents is 2. The number of carbonyl (C=O) groups is 1. The highest BCUT2D eigenvalue weighted by Crippen LogP contribution is 2.24. The molecular weight excluding hydrogens is 308 g/mol. The lowest BCUT2D eigenvalue weighted by Crippen LogP contribution is -1.94. The van der Waals surface area contributed by atoms with E-state index in [0.717, 1.165) is 16.1 Å². The molecule has 0 aliphatic heterocycles. The van der Waals surface area contributed by atoms with Crippen LogP contribution in [-0.2, 0) is 0 Å². The molecule has 2 aromatic carbocycles. The molecule has 0 aliphatic rings. The van der Waals surface area contributed by atoms with Crippen LogP contribution in [-0.4, -0.2) is 16.0 Å². The second-order valence-corrected chi connectivity index (χ2v) is 4.77. The van der Waals surface area contributed by atoms with Crippen molar-refractivity contribution in [3.63, 3.8) is 0 Å². The van der Waals surface area contributed by atoms with E-state index in [1.165, 1.54) is 18.2 Å². The van der Waals surface area contributed by atoms with Gasteiger partial charge in [-0.05, 0) is 35.9 Å². The molecule has 0 fully saturated rings. The van der Waals surface area contributed by atoms with Crippen LogP contribution in [0.15, 0.2) is 53.0 Å². The lowest BCUT2D eigenvalue weighted by Gasteiger charge is -2.01. The second kappa shape index (κ2) is 5.71. The van der Waals surface area contributed by atoms with E-state index in [4.69, 9.17) is 5.11 Å². The summed E-state index contributed by atoms with van der Waals surface area (Å²) in [4.78, 5) is 11.9. The molecule has 0 atom stereocenters. The Kier molecular flexibility index (Phi) is 4.02. The van der Waals surface area contributed by atoms with Crippen molar-refractivity contribution < 1.29 is 15.0 Å². The lowest BCUT2D eigenvalue weighted by atomic mass is 10.1. The number of aromatic hydroxyl groups is 2. The Bertz CT molecular complexity index is 648. The van der Waals surface area contributed by atoms with Crippen LogP contribution in [0.2, 0.25) is 0 Å². The minimum absolute atomic E-state index is 0.0798. The Morgan fingerprint density at radius 1 is 1.11 bits per heavy atom. The average molecular weight is 319 g/mol. The summed E-state index contributed by atoms with van der Waals surface area (Å²) in [6.45, 7) is 0. The standard InChI is InChI=1S/C15H11BrO3/c16-13-4-2-1-3-10(13)5-8-14(18)12-7-6-11(17)9-15(12)19/h1-9,17,19H/b8-5+. The van der Waals surface area contributed by atoms with E-state index in [9.17, 15) is 9.90 Å². The molecule has 2 aromatic rings. The maximum atomic E-state index is 11.9. The quantitative estimate of drug-likeness (QED) is 0.669. The Balaban J connectivity index is 2.24. The van der Waals surface area contributed by atoms with Gasteiger partial charge < -0.3 is 10.2 Å². The summed E-state index contributed by atoms with van der Waals surface area (Å²) >= 11 is 3.38. The molecule has 0 amide bonds. The average Bonchev–Trinajstić information content (AvgIpc) is 2.37. The largest absolute Gasteiger partial charge is 0.508 e. The molecule has 0 spiro atoms. The summed E-state index contributed by atoms with van der Waals surface area (Å²) in [6.07, 6.45) is 3.05. The zero-order valence-electron chi connectivity index (χ0n) is 9.88. The van der Waals surface area contributed by atoms with Gasteiger partial charge in [-0.2, -0.15) is 0 Å². The van der Waals surface area contributed by atoms with Crippen molar-refractivity contribution in [2.45, 2.75) is 0 Å². The van der Waals surface area contributed by atoms with Gasteiger partial charge in [0.05, 0.1) is 5.56 Å². The van der Waals surface area contributed by atoms with Crippen LogP contribution < -0.4 is 0 Å². The first-order valence-corrected chi connectivity index (χ1v) is 6.36. The fourth-order valence-electron chi connectivity index (χ4n) is 1.59. The van der Waals surface area contributed by atoms with Crippen LogP contribution >= 0.6 is 15.9 Å². The maximum absolute atomic E-state index is 11.9. The zero-order chi connectivity index (χ0) is 13.8. The van der Waals surface area contributed by atoms with E-state index < -0.39 is 0 Å². The summed E-state index contributed by atoms with van der Waals surface area (Å²) in [7, 11) is 0. The van der Waals surface area contributed by atoms with Gasteiger partial charge in [-0.15, -0.1) is 0 Å². The number of rotatable bonds is 3.